The number of fused-ring (bicyclic) bond motifs is 22. The highest BCUT2D eigenvalue weighted by molar-refractivity contribution is 6.33. The first kappa shape index (κ1) is 38.1. The van der Waals surface area contributed by atoms with Crippen LogP contribution in [0.1, 0.15) is 0 Å². The maximum absolute atomic E-state index is 7.04. The third-order valence-corrected chi connectivity index (χ3v) is 15.3. The van der Waals surface area contributed by atoms with E-state index in [0.717, 1.165) is 144 Å². The lowest BCUT2D eigenvalue weighted by Crippen LogP contribution is -2.19. The molecule has 0 amide bonds. The highest BCUT2D eigenvalue weighted by Gasteiger charge is 2.35. The third-order valence-electron chi connectivity index (χ3n) is 15.3. The van der Waals surface area contributed by atoms with E-state index in [-0.39, 0.29) is 0 Å². The van der Waals surface area contributed by atoms with E-state index in [1.165, 1.54) is 21.5 Å². The minimum atomic E-state index is 0.754. The number of furan rings is 2. The minimum absolute atomic E-state index is 0.754. The van der Waals surface area contributed by atoms with Gasteiger partial charge in [0.05, 0.1) is 34.1 Å². The smallest absolute Gasteiger partial charge is 0.152 e. The molecule has 0 atom stereocenters. The van der Waals surface area contributed by atoms with Crippen LogP contribution in [0.4, 0.5) is 34.1 Å². The largest absolute Gasteiger partial charge is 0.455 e. The molecular weight excluding hydrogens is 885 g/mol. The summed E-state index contributed by atoms with van der Waals surface area (Å²) in [6, 6.07) is 77.4. The van der Waals surface area contributed by atoms with Gasteiger partial charge in [0.25, 0.3) is 0 Å². The lowest BCUT2D eigenvalue weighted by atomic mass is 9.94. The molecule has 2 aliphatic rings. The van der Waals surface area contributed by atoms with Crippen LogP contribution in [0.5, 0.6) is 23.0 Å². The van der Waals surface area contributed by atoms with Crippen molar-refractivity contribution in [2.24, 2.45) is 0 Å². The van der Waals surface area contributed by atoms with E-state index in [1.54, 1.807) is 0 Å². The predicted octanol–water partition coefficient (Wildman–Crippen LogP) is 19.6. The summed E-state index contributed by atoms with van der Waals surface area (Å²) in [5, 5.41) is 17.7. The second kappa shape index (κ2) is 13.9. The van der Waals surface area contributed by atoms with E-state index in [4.69, 9.17) is 18.3 Å². The van der Waals surface area contributed by atoms with Crippen LogP contribution in [0.15, 0.2) is 227 Å². The fourth-order valence-electron chi connectivity index (χ4n) is 12.4. The topological polar surface area (TPSA) is 51.2 Å². The van der Waals surface area contributed by atoms with Gasteiger partial charge in [0.15, 0.2) is 23.0 Å². The molecule has 0 radical (unpaired) electrons. The Morgan fingerprint density at radius 2 is 0.542 bits per heavy atom. The molecule has 0 unspecified atom stereocenters. The van der Waals surface area contributed by atoms with Crippen LogP contribution < -0.4 is 19.3 Å². The average molecular weight is 921 g/mol. The summed E-state index contributed by atoms with van der Waals surface area (Å²) in [4.78, 5) is 4.78. The minimum Gasteiger partial charge on any atom is -0.455 e. The predicted molar refractivity (Wildman–Crippen MR) is 296 cm³/mol. The number of benzene rings is 13. The normalized spacial score (nSPS) is 13.2. The molecule has 334 valence electrons. The Morgan fingerprint density at radius 3 is 0.931 bits per heavy atom. The molecule has 15 aromatic rings. The molecule has 17 rings (SSSR count). The van der Waals surface area contributed by atoms with Crippen molar-refractivity contribution in [3.05, 3.63) is 218 Å². The molecule has 0 spiro atoms. The van der Waals surface area contributed by atoms with Crippen LogP contribution in [0.3, 0.4) is 0 Å². The Balaban J connectivity index is 0.945. The van der Waals surface area contributed by atoms with Gasteiger partial charge < -0.3 is 28.1 Å². The maximum Gasteiger partial charge on any atom is 0.152 e. The highest BCUT2D eigenvalue weighted by atomic mass is 16.5. The second-order valence-corrected chi connectivity index (χ2v) is 19.0. The summed E-state index contributed by atoms with van der Waals surface area (Å²) in [7, 11) is 0. The molecule has 13 aromatic carbocycles. The van der Waals surface area contributed by atoms with Gasteiger partial charge in [-0.2, -0.15) is 0 Å². The number of rotatable bonds is 2. The molecular formula is C66H36N2O4. The molecule has 72 heavy (non-hydrogen) atoms. The van der Waals surface area contributed by atoms with E-state index in [2.05, 4.69) is 216 Å². The van der Waals surface area contributed by atoms with E-state index in [9.17, 15) is 0 Å². The Morgan fingerprint density at radius 1 is 0.236 bits per heavy atom. The van der Waals surface area contributed by atoms with Crippen molar-refractivity contribution in [3.63, 3.8) is 0 Å². The third kappa shape index (κ3) is 4.97. The SMILES string of the molecule is c1ccc2c(c1)Oc1cc3c(cc1N2c1c2ccccc2c(N2c4ccccc4Oc4cc5c(cc42)oc2c4ccccc4c4ccccc4c52)c2ccccc12)oc1c2ccccc2c2ccccc2c31. The molecule has 0 aliphatic carbocycles. The Labute approximate surface area is 410 Å². The van der Waals surface area contributed by atoms with Crippen LogP contribution in [-0.4, -0.2) is 0 Å². The summed E-state index contributed by atoms with van der Waals surface area (Å²) in [5.74, 6) is 3.06. The second-order valence-electron chi connectivity index (χ2n) is 19.0. The molecule has 2 aromatic heterocycles. The van der Waals surface area contributed by atoms with Gasteiger partial charge in [-0.05, 0) is 68.7 Å². The highest BCUT2D eigenvalue weighted by Crippen LogP contribution is 2.60. The Bertz CT molecular complexity index is 4550. The Hall–Kier alpha value is -9.78. The first-order valence-corrected chi connectivity index (χ1v) is 24.4. The van der Waals surface area contributed by atoms with Crippen molar-refractivity contribution in [3.8, 4) is 23.0 Å². The van der Waals surface area contributed by atoms with Gasteiger partial charge in [-0.1, -0.05) is 170 Å². The van der Waals surface area contributed by atoms with Crippen molar-refractivity contribution in [2.45, 2.75) is 0 Å². The zero-order chi connectivity index (χ0) is 46.8. The van der Waals surface area contributed by atoms with Crippen LogP contribution in [0, 0.1) is 0 Å². The van der Waals surface area contributed by atoms with E-state index in [0.29, 0.717) is 0 Å². The molecule has 2 aliphatic heterocycles. The summed E-state index contributed by atoms with van der Waals surface area (Å²) >= 11 is 0. The fraction of sp³-hybridized carbons (Fsp3) is 0. The number of nitrogens with zero attached hydrogens (tertiary/aromatic N) is 2. The summed E-state index contributed by atoms with van der Waals surface area (Å²) < 4.78 is 28.0. The lowest BCUT2D eigenvalue weighted by molar-refractivity contribution is 0.477. The van der Waals surface area contributed by atoms with Crippen molar-refractivity contribution >= 4 is 143 Å². The number of hydrogen-bond acceptors (Lipinski definition) is 6. The van der Waals surface area contributed by atoms with E-state index >= 15 is 0 Å². The molecule has 6 nitrogen and oxygen atoms in total. The molecule has 0 saturated carbocycles. The van der Waals surface area contributed by atoms with Crippen molar-refractivity contribution in [1.82, 2.24) is 0 Å². The van der Waals surface area contributed by atoms with Crippen LogP contribution >= 0.6 is 0 Å². The standard InChI is InChI=1S/C66H36N2O4/c1-5-21-41-37(17-1)39-19-3-11-27-47(39)65-61(41)49-33-59-53(35-57(49)71-65)67(51-29-13-15-31-55(51)69-59)63-43-23-7-9-25-45(43)64(46-26-10-8-24-44(46)63)68-52-30-14-16-32-56(52)70-60-34-50-58(36-54(60)68)72-66-48-28-12-4-20-40(48)38-18-2-6-22-42(38)62(50)66/h1-36H. The van der Waals surface area contributed by atoms with Gasteiger partial charge in [-0.3, -0.25) is 0 Å². The number of hydrogen-bond donors (Lipinski definition) is 0. The van der Waals surface area contributed by atoms with Gasteiger partial charge in [0.1, 0.15) is 22.3 Å². The molecule has 0 fully saturated rings. The lowest BCUT2D eigenvalue weighted by Gasteiger charge is -2.37. The molecule has 6 heteroatoms. The van der Waals surface area contributed by atoms with Gasteiger partial charge in [0.2, 0.25) is 0 Å². The number of ether oxygens (including phenoxy) is 2. The fourth-order valence-corrected chi connectivity index (χ4v) is 12.4. The number of para-hydroxylation sites is 4. The molecule has 0 N–H and O–H groups in total. The summed E-state index contributed by atoms with van der Waals surface area (Å²) in [6.07, 6.45) is 0. The first-order valence-electron chi connectivity index (χ1n) is 24.4. The van der Waals surface area contributed by atoms with Gasteiger partial charge in [0, 0.05) is 66.0 Å². The van der Waals surface area contributed by atoms with Crippen molar-refractivity contribution in [2.75, 3.05) is 9.80 Å². The number of anilines is 6. The van der Waals surface area contributed by atoms with Gasteiger partial charge in [-0.15, -0.1) is 0 Å². The van der Waals surface area contributed by atoms with Crippen molar-refractivity contribution < 1.29 is 18.3 Å². The van der Waals surface area contributed by atoms with Gasteiger partial charge in [-0.25, -0.2) is 0 Å². The Kier molecular flexibility index (Phi) is 7.38. The van der Waals surface area contributed by atoms with Crippen LogP contribution in [0.2, 0.25) is 0 Å². The van der Waals surface area contributed by atoms with Crippen LogP contribution in [-0.2, 0) is 0 Å². The molecule has 0 saturated heterocycles. The van der Waals surface area contributed by atoms with Gasteiger partial charge >= 0.3 is 0 Å². The first-order chi connectivity index (χ1) is 35.7. The zero-order valence-corrected chi connectivity index (χ0v) is 38.3. The van der Waals surface area contributed by atoms with E-state index in [1.807, 2.05) is 12.1 Å². The quantitative estimate of drug-likeness (QED) is 0.127. The monoisotopic (exact) mass is 920 g/mol. The summed E-state index contributed by atoms with van der Waals surface area (Å²) in [5.41, 5.74) is 9.09. The van der Waals surface area contributed by atoms with Crippen LogP contribution in [0.25, 0.3) is 109 Å². The molecule has 4 heterocycles. The summed E-state index contributed by atoms with van der Waals surface area (Å²) in [6.45, 7) is 0. The van der Waals surface area contributed by atoms with E-state index < -0.39 is 0 Å². The maximum atomic E-state index is 7.04. The zero-order valence-electron chi connectivity index (χ0n) is 38.3. The molecule has 0 bridgehead atoms. The average Bonchev–Trinajstić information content (AvgIpc) is 4.01. The van der Waals surface area contributed by atoms with Crippen molar-refractivity contribution in [1.29, 1.82) is 0 Å².